The molecule has 98 valence electrons. The number of anilines is 1. The molecule has 1 aromatic rings. The fraction of sp³-hybridized carbons (Fsp3) is 0.455. The molecule has 0 atom stereocenters. The number of carboxylic acid groups (broad SMARTS) is 1. The van der Waals surface area contributed by atoms with Crippen LogP contribution in [0.2, 0.25) is 0 Å². The summed E-state index contributed by atoms with van der Waals surface area (Å²) in [7, 11) is 0. The summed E-state index contributed by atoms with van der Waals surface area (Å²) in [6, 6.07) is 2.94. The molecule has 0 amide bonds. The summed E-state index contributed by atoms with van der Waals surface area (Å²) in [6.07, 6.45) is 3.95. The van der Waals surface area contributed by atoms with Crippen LogP contribution in [0.25, 0.3) is 0 Å². The summed E-state index contributed by atoms with van der Waals surface area (Å²) in [5.41, 5.74) is 0.721. The second kappa shape index (κ2) is 7.21. The lowest BCUT2D eigenvalue weighted by Gasteiger charge is -2.03. The highest BCUT2D eigenvalue weighted by Gasteiger charge is 2.05. The van der Waals surface area contributed by atoms with Gasteiger partial charge in [-0.05, 0) is 28.8 Å². The maximum Gasteiger partial charge on any atom is 0.363 e. The molecule has 7 heteroatoms. The second-order valence-electron chi connectivity index (χ2n) is 3.79. The first-order chi connectivity index (χ1) is 8.59. The van der Waals surface area contributed by atoms with Crippen LogP contribution in [0.1, 0.15) is 25.7 Å². The van der Waals surface area contributed by atoms with E-state index in [2.05, 4.69) is 10.3 Å². The van der Waals surface area contributed by atoms with Gasteiger partial charge in [-0.3, -0.25) is 4.79 Å². The molecule has 0 spiro atoms. The van der Waals surface area contributed by atoms with Gasteiger partial charge in [0.15, 0.2) is 6.20 Å². The van der Waals surface area contributed by atoms with Gasteiger partial charge in [0.1, 0.15) is 0 Å². The van der Waals surface area contributed by atoms with E-state index in [9.17, 15) is 14.9 Å². The summed E-state index contributed by atoms with van der Waals surface area (Å²) in [6.45, 7) is 0.694. The molecule has 0 aliphatic rings. The number of nitrogens with zero attached hydrogens (tertiary/aromatic N) is 2. The molecule has 1 aromatic heterocycles. The fourth-order valence-corrected chi connectivity index (χ4v) is 1.41. The summed E-state index contributed by atoms with van der Waals surface area (Å²) >= 11 is 0. The lowest BCUT2D eigenvalue weighted by molar-refractivity contribution is -0.389. The Labute approximate surface area is 104 Å². The molecule has 1 rings (SSSR count). The number of aliphatic carboxylic acids is 1. The van der Waals surface area contributed by atoms with Crippen molar-refractivity contribution in [1.82, 2.24) is 4.98 Å². The number of nitro groups is 1. The van der Waals surface area contributed by atoms with E-state index in [1.165, 1.54) is 12.3 Å². The number of pyridine rings is 1. The van der Waals surface area contributed by atoms with Crippen molar-refractivity contribution in [3.8, 4) is 0 Å². The van der Waals surface area contributed by atoms with Crippen molar-refractivity contribution < 1.29 is 14.8 Å². The van der Waals surface area contributed by atoms with Crippen molar-refractivity contribution in [3.63, 3.8) is 0 Å². The van der Waals surface area contributed by atoms with Crippen molar-refractivity contribution in [2.75, 3.05) is 11.9 Å². The Kier molecular flexibility index (Phi) is 5.56. The third-order valence-electron chi connectivity index (χ3n) is 2.33. The normalized spacial score (nSPS) is 10.0. The molecule has 0 radical (unpaired) electrons. The number of unbranched alkanes of at least 4 members (excludes halogenated alkanes) is 2. The highest BCUT2D eigenvalue weighted by Crippen LogP contribution is 2.11. The fourth-order valence-electron chi connectivity index (χ4n) is 1.41. The van der Waals surface area contributed by atoms with E-state index in [0.717, 1.165) is 18.5 Å². The Morgan fingerprint density at radius 3 is 2.72 bits per heavy atom. The Morgan fingerprint density at radius 1 is 1.39 bits per heavy atom. The van der Waals surface area contributed by atoms with Crippen molar-refractivity contribution >= 4 is 17.5 Å². The summed E-state index contributed by atoms with van der Waals surface area (Å²) < 4.78 is 0. The number of hydrogen-bond acceptors (Lipinski definition) is 5. The van der Waals surface area contributed by atoms with Gasteiger partial charge in [-0.1, -0.05) is 6.42 Å². The third kappa shape index (κ3) is 5.24. The number of aromatic nitrogens is 1. The molecular formula is C11H15N3O4. The zero-order valence-electron chi connectivity index (χ0n) is 9.83. The monoisotopic (exact) mass is 253 g/mol. The number of carbonyl (C=O) groups is 1. The Bertz CT molecular complexity index is 405. The second-order valence-corrected chi connectivity index (χ2v) is 3.79. The van der Waals surface area contributed by atoms with Crippen LogP contribution in [-0.2, 0) is 4.79 Å². The molecule has 0 unspecified atom stereocenters. The van der Waals surface area contributed by atoms with E-state index >= 15 is 0 Å². The van der Waals surface area contributed by atoms with Crippen molar-refractivity contribution in [3.05, 3.63) is 28.4 Å². The van der Waals surface area contributed by atoms with Crippen LogP contribution in [0.3, 0.4) is 0 Å². The average Bonchev–Trinajstić information content (AvgIpc) is 2.34. The molecular weight excluding hydrogens is 238 g/mol. The third-order valence-corrected chi connectivity index (χ3v) is 2.33. The summed E-state index contributed by atoms with van der Waals surface area (Å²) in [5.74, 6) is -0.954. The number of rotatable bonds is 8. The molecule has 1 heterocycles. The highest BCUT2D eigenvalue weighted by molar-refractivity contribution is 5.66. The minimum absolute atomic E-state index is 0.179. The molecule has 0 aliphatic carbocycles. The van der Waals surface area contributed by atoms with E-state index in [1.807, 2.05) is 0 Å². The largest absolute Gasteiger partial charge is 0.481 e. The standard InChI is InChI=1S/C11H15N3O4/c15-11(16)4-2-1-3-7-12-9-5-6-10(13-8-9)14(17)18/h5-6,8,12H,1-4,7H2,(H,15,16). The Balaban J connectivity index is 2.19. The first-order valence-electron chi connectivity index (χ1n) is 5.65. The predicted octanol–water partition coefficient (Wildman–Crippen LogP) is 2.05. The SMILES string of the molecule is O=C(O)CCCCCNc1ccc([N+](=O)[O-])nc1. The van der Waals surface area contributed by atoms with Crippen LogP contribution in [0, 0.1) is 10.1 Å². The lowest BCUT2D eigenvalue weighted by atomic mass is 10.2. The van der Waals surface area contributed by atoms with E-state index in [-0.39, 0.29) is 12.2 Å². The van der Waals surface area contributed by atoms with Crippen LogP contribution < -0.4 is 5.32 Å². The Morgan fingerprint density at radius 2 is 2.17 bits per heavy atom. The van der Waals surface area contributed by atoms with Crippen LogP contribution in [0.4, 0.5) is 11.5 Å². The molecule has 2 N–H and O–H groups in total. The van der Waals surface area contributed by atoms with Gasteiger partial charge in [-0.15, -0.1) is 0 Å². The van der Waals surface area contributed by atoms with Gasteiger partial charge in [0.05, 0.1) is 5.69 Å². The number of hydrogen-bond donors (Lipinski definition) is 2. The molecule has 0 aliphatic heterocycles. The van der Waals surface area contributed by atoms with Crippen LogP contribution >= 0.6 is 0 Å². The van der Waals surface area contributed by atoms with Gasteiger partial charge < -0.3 is 20.5 Å². The van der Waals surface area contributed by atoms with E-state index < -0.39 is 10.9 Å². The van der Waals surface area contributed by atoms with Crippen molar-refractivity contribution in [2.45, 2.75) is 25.7 Å². The molecule has 0 aromatic carbocycles. The molecule has 0 bridgehead atoms. The molecule has 0 fully saturated rings. The first-order valence-corrected chi connectivity index (χ1v) is 5.65. The molecule has 18 heavy (non-hydrogen) atoms. The zero-order chi connectivity index (χ0) is 13.4. The molecule has 7 nitrogen and oxygen atoms in total. The van der Waals surface area contributed by atoms with Gasteiger partial charge in [-0.2, -0.15) is 0 Å². The zero-order valence-corrected chi connectivity index (χ0v) is 9.83. The number of carboxylic acids is 1. The summed E-state index contributed by atoms with van der Waals surface area (Å²) in [4.78, 5) is 23.8. The van der Waals surface area contributed by atoms with Crippen molar-refractivity contribution in [1.29, 1.82) is 0 Å². The van der Waals surface area contributed by atoms with Gasteiger partial charge in [-0.25, -0.2) is 0 Å². The van der Waals surface area contributed by atoms with Gasteiger partial charge in [0.25, 0.3) is 0 Å². The average molecular weight is 253 g/mol. The predicted molar refractivity (Wildman–Crippen MR) is 65.5 cm³/mol. The minimum Gasteiger partial charge on any atom is -0.481 e. The van der Waals surface area contributed by atoms with Crippen LogP contribution in [-0.4, -0.2) is 27.5 Å². The minimum atomic E-state index is -0.775. The van der Waals surface area contributed by atoms with Gasteiger partial charge >= 0.3 is 11.8 Å². The Hall–Kier alpha value is -2.18. The first kappa shape index (κ1) is 13.9. The van der Waals surface area contributed by atoms with Crippen molar-refractivity contribution in [2.24, 2.45) is 0 Å². The van der Waals surface area contributed by atoms with Crippen LogP contribution in [0.15, 0.2) is 18.3 Å². The topological polar surface area (TPSA) is 105 Å². The number of nitrogens with one attached hydrogen (secondary N) is 1. The molecule has 0 saturated carbocycles. The quantitative estimate of drug-likeness (QED) is 0.417. The smallest absolute Gasteiger partial charge is 0.363 e. The maximum absolute atomic E-state index is 10.4. The highest BCUT2D eigenvalue weighted by atomic mass is 16.6. The van der Waals surface area contributed by atoms with E-state index in [1.54, 1.807) is 6.07 Å². The summed E-state index contributed by atoms with van der Waals surface area (Å²) in [5, 5.41) is 21.9. The van der Waals surface area contributed by atoms with E-state index in [4.69, 9.17) is 5.11 Å². The van der Waals surface area contributed by atoms with Crippen LogP contribution in [0.5, 0.6) is 0 Å². The van der Waals surface area contributed by atoms with Gasteiger partial charge in [0, 0.05) is 19.0 Å². The van der Waals surface area contributed by atoms with E-state index in [0.29, 0.717) is 13.0 Å². The lowest BCUT2D eigenvalue weighted by Crippen LogP contribution is -2.03. The van der Waals surface area contributed by atoms with Gasteiger partial charge in [0.2, 0.25) is 0 Å². The molecule has 0 saturated heterocycles. The maximum atomic E-state index is 10.4.